The van der Waals surface area contributed by atoms with Gasteiger partial charge in [-0.25, -0.2) is 0 Å². The fourth-order valence-electron chi connectivity index (χ4n) is 3.63. The summed E-state index contributed by atoms with van der Waals surface area (Å²) < 4.78 is 5.55. The van der Waals surface area contributed by atoms with Gasteiger partial charge in [0.2, 0.25) is 5.91 Å². The first kappa shape index (κ1) is 19.9. The smallest absolute Gasteiger partial charge is 0.251 e. The summed E-state index contributed by atoms with van der Waals surface area (Å²) in [5.74, 6) is 0.573. The maximum atomic E-state index is 12.6. The zero-order valence-electron chi connectivity index (χ0n) is 16.4. The predicted octanol–water partition coefficient (Wildman–Crippen LogP) is 3.22. The molecule has 0 spiro atoms. The highest BCUT2D eigenvalue weighted by atomic mass is 16.5. The van der Waals surface area contributed by atoms with E-state index >= 15 is 0 Å². The van der Waals surface area contributed by atoms with Crippen LogP contribution < -0.4 is 15.4 Å². The molecule has 1 aliphatic rings. The van der Waals surface area contributed by atoms with Gasteiger partial charge in [-0.2, -0.15) is 0 Å². The molecule has 1 atom stereocenters. The number of ether oxygens (including phenoxy) is 1. The van der Waals surface area contributed by atoms with Crippen molar-refractivity contribution in [1.82, 2.24) is 10.2 Å². The van der Waals surface area contributed by atoms with E-state index in [0.29, 0.717) is 17.8 Å². The Morgan fingerprint density at radius 3 is 2.39 bits per heavy atom. The van der Waals surface area contributed by atoms with Gasteiger partial charge in [0.05, 0.1) is 13.2 Å². The van der Waals surface area contributed by atoms with Crippen LogP contribution >= 0.6 is 0 Å². The van der Waals surface area contributed by atoms with E-state index in [2.05, 4.69) is 21.6 Å². The number of carbonyl (C=O) groups is 2. The molecule has 0 radical (unpaired) electrons. The van der Waals surface area contributed by atoms with Crippen molar-refractivity contribution in [3.05, 3.63) is 59.7 Å². The van der Waals surface area contributed by atoms with Crippen LogP contribution in [0.15, 0.2) is 48.5 Å². The predicted molar refractivity (Wildman–Crippen MR) is 110 cm³/mol. The van der Waals surface area contributed by atoms with Gasteiger partial charge in [-0.15, -0.1) is 0 Å². The summed E-state index contributed by atoms with van der Waals surface area (Å²) in [4.78, 5) is 26.2. The number of rotatable bonds is 7. The first-order valence-corrected chi connectivity index (χ1v) is 9.61. The third-order valence-electron chi connectivity index (χ3n) is 5.00. The van der Waals surface area contributed by atoms with Crippen LogP contribution in [0.4, 0.5) is 5.69 Å². The number of para-hydroxylation sites is 1. The molecule has 6 heteroatoms. The summed E-state index contributed by atoms with van der Waals surface area (Å²) in [6.07, 6.45) is 2.34. The number of benzene rings is 2. The molecule has 0 bridgehead atoms. The van der Waals surface area contributed by atoms with Gasteiger partial charge in [-0.05, 0) is 56.3 Å². The van der Waals surface area contributed by atoms with Crippen LogP contribution in [-0.4, -0.2) is 43.5 Å². The van der Waals surface area contributed by atoms with Crippen molar-refractivity contribution in [3.8, 4) is 5.75 Å². The molecule has 1 saturated heterocycles. The summed E-state index contributed by atoms with van der Waals surface area (Å²) in [6.45, 7) is 4.00. The SMILES string of the molecule is COc1ccccc1C(CNC(=O)c1ccc(NC(C)=O)cc1)N1CCCC1. The van der Waals surface area contributed by atoms with E-state index in [0.717, 1.165) is 24.4 Å². The van der Waals surface area contributed by atoms with Gasteiger partial charge in [0.25, 0.3) is 5.91 Å². The van der Waals surface area contributed by atoms with Crippen LogP contribution in [0.3, 0.4) is 0 Å². The molecule has 1 heterocycles. The zero-order valence-corrected chi connectivity index (χ0v) is 16.4. The summed E-state index contributed by atoms with van der Waals surface area (Å²) >= 11 is 0. The Bertz CT molecular complexity index is 814. The average Bonchev–Trinajstić information content (AvgIpc) is 3.23. The summed E-state index contributed by atoms with van der Waals surface area (Å²) in [7, 11) is 1.68. The lowest BCUT2D eigenvalue weighted by Crippen LogP contribution is -2.37. The molecular weight excluding hydrogens is 354 g/mol. The number of anilines is 1. The second-order valence-electron chi connectivity index (χ2n) is 6.97. The molecule has 0 saturated carbocycles. The molecule has 148 valence electrons. The number of hydrogen-bond donors (Lipinski definition) is 2. The lowest BCUT2D eigenvalue weighted by Gasteiger charge is -2.29. The third-order valence-corrected chi connectivity index (χ3v) is 5.00. The molecule has 2 amide bonds. The number of amides is 2. The van der Waals surface area contributed by atoms with Gasteiger partial charge in [-0.3, -0.25) is 14.5 Å². The molecule has 0 aromatic heterocycles. The zero-order chi connectivity index (χ0) is 19.9. The number of methoxy groups -OCH3 is 1. The summed E-state index contributed by atoms with van der Waals surface area (Å²) in [5, 5.41) is 5.76. The van der Waals surface area contributed by atoms with Gasteiger partial charge in [-0.1, -0.05) is 18.2 Å². The van der Waals surface area contributed by atoms with Crippen molar-refractivity contribution >= 4 is 17.5 Å². The molecule has 1 fully saturated rings. The van der Waals surface area contributed by atoms with Crippen LogP contribution in [-0.2, 0) is 4.79 Å². The highest BCUT2D eigenvalue weighted by Gasteiger charge is 2.26. The highest BCUT2D eigenvalue weighted by molar-refractivity contribution is 5.95. The van der Waals surface area contributed by atoms with Crippen LogP contribution in [0, 0.1) is 0 Å². The van der Waals surface area contributed by atoms with Gasteiger partial charge in [0.1, 0.15) is 5.75 Å². The number of nitrogens with zero attached hydrogens (tertiary/aromatic N) is 1. The Morgan fingerprint density at radius 2 is 1.75 bits per heavy atom. The quantitative estimate of drug-likeness (QED) is 0.773. The van der Waals surface area contributed by atoms with E-state index in [1.165, 1.54) is 19.8 Å². The second kappa shape index (κ2) is 9.37. The van der Waals surface area contributed by atoms with E-state index in [1.807, 2.05) is 18.2 Å². The fourth-order valence-corrected chi connectivity index (χ4v) is 3.63. The van der Waals surface area contributed by atoms with E-state index < -0.39 is 0 Å². The van der Waals surface area contributed by atoms with Gasteiger partial charge >= 0.3 is 0 Å². The third kappa shape index (κ3) is 4.89. The molecule has 0 aliphatic carbocycles. The molecule has 1 unspecified atom stereocenters. The topological polar surface area (TPSA) is 70.7 Å². The Kier molecular flexibility index (Phi) is 6.66. The summed E-state index contributed by atoms with van der Waals surface area (Å²) in [6, 6.07) is 15.0. The van der Waals surface area contributed by atoms with Crippen LogP contribution in [0.1, 0.15) is 41.7 Å². The molecule has 2 aromatic rings. The Morgan fingerprint density at radius 1 is 1.07 bits per heavy atom. The van der Waals surface area contributed by atoms with E-state index in [-0.39, 0.29) is 17.9 Å². The Labute approximate surface area is 165 Å². The van der Waals surface area contributed by atoms with E-state index in [9.17, 15) is 9.59 Å². The van der Waals surface area contributed by atoms with Crippen molar-refractivity contribution in [2.75, 3.05) is 32.1 Å². The molecule has 2 N–H and O–H groups in total. The first-order chi connectivity index (χ1) is 13.6. The van der Waals surface area contributed by atoms with Crippen molar-refractivity contribution in [3.63, 3.8) is 0 Å². The van der Waals surface area contributed by atoms with E-state index in [4.69, 9.17) is 4.74 Å². The highest BCUT2D eigenvalue weighted by Crippen LogP contribution is 2.31. The molecule has 1 aliphatic heterocycles. The Hall–Kier alpha value is -2.86. The average molecular weight is 381 g/mol. The lowest BCUT2D eigenvalue weighted by atomic mass is 10.0. The van der Waals surface area contributed by atoms with Crippen LogP contribution in [0.25, 0.3) is 0 Å². The fraction of sp³-hybridized carbons (Fsp3) is 0.364. The van der Waals surface area contributed by atoms with E-state index in [1.54, 1.807) is 31.4 Å². The number of likely N-dealkylation sites (tertiary alicyclic amines) is 1. The lowest BCUT2D eigenvalue weighted by molar-refractivity contribution is -0.114. The molecule has 2 aromatic carbocycles. The molecule has 3 rings (SSSR count). The van der Waals surface area contributed by atoms with Crippen molar-refractivity contribution in [1.29, 1.82) is 0 Å². The minimum atomic E-state index is -0.137. The monoisotopic (exact) mass is 381 g/mol. The summed E-state index contributed by atoms with van der Waals surface area (Å²) in [5.41, 5.74) is 2.33. The Balaban J connectivity index is 1.71. The van der Waals surface area contributed by atoms with Crippen LogP contribution in [0.2, 0.25) is 0 Å². The number of nitrogens with one attached hydrogen (secondary N) is 2. The normalized spacial score (nSPS) is 15.1. The van der Waals surface area contributed by atoms with Crippen LogP contribution in [0.5, 0.6) is 5.75 Å². The molecule has 6 nitrogen and oxygen atoms in total. The minimum Gasteiger partial charge on any atom is -0.496 e. The van der Waals surface area contributed by atoms with Crippen molar-refractivity contribution in [2.24, 2.45) is 0 Å². The molecular formula is C22H27N3O3. The molecule has 28 heavy (non-hydrogen) atoms. The number of hydrogen-bond acceptors (Lipinski definition) is 4. The first-order valence-electron chi connectivity index (χ1n) is 9.61. The minimum absolute atomic E-state index is 0.0706. The standard InChI is InChI=1S/C22H27N3O3/c1-16(26)24-18-11-9-17(10-12-18)22(27)23-15-20(25-13-5-6-14-25)19-7-3-4-8-21(19)28-2/h3-4,7-12,20H,5-6,13-15H2,1-2H3,(H,23,27)(H,24,26). The maximum absolute atomic E-state index is 12.6. The largest absolute Gasteiger partial charge is 0.496 e. The van der Waals surface area contributed by atoms with Crippen molar-refractivity contribution < 1.29 is 14.3 Å². The maximum Gasteiger partial charge on any atom is 0.251 e. The van der Waals surface area contributed by atoms with Crippen molar-refractivity contribution in [2.45, 2.75) is 25.8 Å². The van der Waals surface area contributed by atoms with Gasteiger partial charge in [0, 0.05) is 30.3 Å². The number of carbonyl (C=O) groups excluding carboxylic acids is 2. The van der Waals surface area contributed by atoms with Gasteiger partial charge in [0.15, 0.2) is 0 Å². The van der Waals surface area contributed by atoms with Gasteiger partial charge < -0.3 is 15.4 Å². The second-order valence-corrected chi connectivity index (χ2v) is 6.97.